The molecule has 0 bridgehead atoms. The van der Waals surface area contributed by atoms with E-state index in [1.54, 1.807) is 12.4 Å². The topological polar surface area (TPSA) is 45.1 Å². The molecule has 0 saturated carbocycles. The molecule has 0 saturated heterocycles. The maximum atomic E-state index is 10.1. The number of hydrogen-bond acceptors (Lipinski definition) is 3. The van der Waals surface area contributed by atoms with Crippen LogP contribution in [0.15, 0.2) is 48.8 Å². The van der Waals surface area contributed by atoms with Crippen LogP contribution in [0.3, 0.4) is 0 Å². The Kier molecular flexibility index (Phi) is 3.58. The molecule has 0 spiro atoms. The normalized spacial score (nSPS) is 16.3. The summed E-state index contributed by atoms with van der Waals surface area (Å²) in [4.78, 5) is 3.96. The molecule has 0 fully saturated rings. The Morgan fingerprint density at radius 1 is 1.11 bits per heavy atom. The molecule has 1 aliphatic rings. The average molecular weight is 254 g/mol. The second kappa shape index (κ2) is 5.51. The van der Waals surface area contributed by atoms with Crippen LogP contribution in [0.5, 0.6) is 0 Å². The van der Waals surface area contributed by atoms with Crippen molar-refractivity contribution in [3.63, 3.8) is 0 Å². The van der Waals surface area contributed by atoms with E-state index in [-0.39, 0.29) is 0 Å². The van der Waals surface area contributed by atoms with Crippen molar-refractivity contribution >= 4 is 0 Å². The highest BCUT2D eigenvalue weighted by Crippen LogP contribution is 2.22. The van der Waals surface area contributed by atoms with Crippen LogP contribution in [-0.4, -0.2) is 22.7 Å². The first-order chi connectivity index (χ1) is 9.33. The van der Waals surface area contributed by atoms with Crippen LogP contribution < -0.4 is 5.32 Å². The molecule has 1 atom stereocenters. The Hall–Kier alpha value is -1.71. The summed E-state index contributed by atoms with van der Waals surface area (Å²) in [5, 5.41) is 13.6. The molecule has 0 aliphatic heterocycles. The first kappa shape index (κ1) is 12.3. The second-order valence-corrected chi connectivity index (χ2v) is 5.08. The Balaban J connectivity index is 1.55. The molecule has 3 rings (SSSR count). The largest absolute Gasteiger partial charge is 0.387 e. The molecular weight excluding hydrogens is 236 g/mol. The molecule has 1 aromatic carbocycles. The third-order valence-electron chi connectivity index (χ3n) is 3.74. The third kappa shape index (κ3) is 2.83. The maximum Gasteiger partial charge on any atom is 0.0915 e. The van der Waals surface area contributed by atoms with Crippen LogP contribution in [0.2, 0.25) is 0 Å². The number of pyridine rings is 1. The van der Waals surface area contributed by atoms with Gasteiger partial charge in [0.2, 0.25) is 0 Å². The zero-order valence-electron chi connectivity index (χ0n) is 10.8. The van der Waals surface area contributed by atoms with Gasteiger partial charge >= 0.3 is 0 Å². The molecule has 1 heterocycles. The molecular formula is C16H18N2O. The van der Waals surface area contributed by atoms with Crippen molar-refractivity contribution in [1.29, 1.82) is 0 Å². The number of nitrogens with zero attached hydrogens (tertiary/aromatic N) is 1. The Bertz CT molecular complexity index is 516. The summed E-state index contributed by atoms with van der Waals surface area (Å²) in [7, 11) is 0. The van der Waals surface area contributed by atoms with Crippen molar-refractivity contribution in [1.82, 2.24) is 10.3 Å². The van der Waals surface area contributed by atoms with Gasteiger partial charge in [0, 0.05) is 25.0 Å². The van der Waals surface area contributed by atoms with Gasteiger partial charge in [-0.15, -0.1) is 0 Å². The predicted octanol–water partition coefficient (Wildman–Crippen LogP) is 1.87. The van der Waals surface area contributed by atoms with Crippen molar-refractivity contribution < 1.29 is 5.11 Å². The van der Waals surface area contributed by atoms with Crippen LogP contribution in [0.4, 0.5) is 0 Å². The average Bonchev–Trinajstić information content (AvgIpc) is 2.88. The summed E-state index contributed by atoms with van der Waals surface area (Å²) in [6.45, 7) is 0.586. The lowest BCUT2D eigenvalue weighted by Crippen LogP contribution is -2.33. The number of aliphatic hydroxyl groups excluding tert-OH is 1. The van der Waals surface area contributed by atoms with E-state index in [2.05, 4.69) is 34.6 Å². The van der Waals surface area contributed by atoms with Crippen LogP contribution in [-0.2, 0) is 12.8 Å². The van der Waals surface area contributed by atoms with Gasteiger partial charge in [-0.3, -0.25) is 4.98 Å². The molecule has 19 heavy (non-hydrogen) atoms. The SMILES string of the molecule is OC(CNC1Cc2ccccc2C1)c1ccncc1. The molecule has 2 N–H and O–H groups in total. The molecule has 0 amide bonds. The second-order valence-electron chi connectivity index (χ2n) is 5.08. The van der Waals surface area contributed by atoms with Crippen molar-refractivity contribution in [2.45, 2.75) is 25.0 Å². The van der Waals surface area contributed by atoms with Crippen molar-refractivity contribution in [2.75, 3.05) is 6.54 Å². The van der Waals surface area contributed by atoms with E-state index in [4.69, 9.17) is 0 Å². The molecule has 3 nitrogen and oxygen atoms in total. The number of fused-ring (bicyclic) bond motifs is 1. The monoisotopic (exact) mass is 254 g/mol. The Morgan fingerprint density at radius 3 is 2.37 bits per heavy atom. The zero-order valence-corrected chi connectivity index (χ0v) is 10.8. The highest BCUT2D eigenvalue weighted by molar-refractivity contribution is 5.33. The van der Waals surface area contributed by atoms with Gasteiger partial charge in [-0.1, -0.05) is 24.3 Å². The number of aromatic nitrogens is 1. The summed E-state index contributed by atoms with van der Waals surface area (Å²) in [5.41, 5.74) is 3.77. The van der Waals surface area contributed by atoms with Crippen LogP contribution in [0.1, 0.15) is 22.8 Å². The Morgan fingerprint density at radius 2 is 1.74 bits per heavy atom. The van der Waals surface area contributed by atoms with Gasteiger partial charge in [-0.2, -0.15) is 0 Å². The van der Waals surface area contributed by atoms with Crippen LogP contribution in [0, 0.1) is 0 Å². The van der Waals surface area contributed by atoms with Gasteiger partial charge in [0.05, 0.1) is 6.10 Å². The molecule has 1 aliphatic carbocycles. The van der Waals surface area contributed by atoms with Crippen molar-refractivity contribution in [3.05, 3.63) is 65.5 Å². The van der Waals surface area contributed by atoms with E-state index in [0.29, 0.717) is 12.6 Å². The quantitative estimate of drug-likeness (QED) is 0.875. The summed E-state index contributed by atoms with van der Waals surface area (Å²) < 4.78 is 0. The minimum atomic E-state index is -0.466. The number of hydrogen-bond donors (Lipinski definition) is 2. The summed E-state index contributed by atoms with van der Waals surface area (Å²) in [5.74, 6) is 0. The van der Waals surface area contributed by atoms with Gasteiger partial charge in [0.15, 0.2) is 0 Å². The lowest BCUT2D eigenvalue weighted by atomic mass is 10.1. The highest BCUT2D eigenvalue weighted by atomic mass is 16.3. The smallest absolute Gasteiger partial charge is 0.0915 e. The highest BCUT2D eigenvalue weighted by Gasteiger charge is 2.21. The maximum absolute atomic E-state index is 10.1. The lowest BCUT2D eigenvalue weighted by molar-refractivity contribution is 0.170. The fourth-order valence-corrected chi connectivity index (χ4v) is 2.68. The summed E-state index contributed by atoms with van der Waals surface area (Å²) in [6, 6.07) is 12.7. The zero-order chi connectivity index (χ0) is 13.1. The van der Waals surface area contributed by atoms with Gasteiger partial charge < -0.3 is 10.4 Å². The number of aliphatic hydroxyl groups is 1. The molecule has 1 unspecified atom stereocenters. The van der Waals surface area contributed by atoms with E-state index in [0.717, 1.165) is 18.4 Å². The standard InChI is InChI=1S/C16H18N2O/c19-16(12-5-7-17-8-6-12)11-18-15-9-13-3-1-2-4-14(13)10-15/h1-8,15-16,18-19H,9-11H2. The van der Waals surface area contributed by atoms with E-state index in [1.807, 2.05) is 12.1 Å². The number of benzene rings is 1. The molecule has 0 radical (unpaired) electrons. The molecule has 1 aromatic heterocycles. The Labute approximate surface area is 113 Å². The lowest BCUT2D eigenvalue weighted by Gasteiger charge is -2.16. The van der Waals surface area contributed by atoms with Crippen LogP contribution >= 0.6 is 0 Å². The van der Waals surface area contributed by atoms with Gasteiger partial charge in [0.25, 0.3) is 0 Å². The van der Waals surface area contributed by atoms with Gasteiger partial charge in [0.1, 0.15) is 0 Å². The fraction of sp³-hybridized carbons (Fsp3) is 0.312. The van der Waals surface area contributed by atoms with Crippen LogP contribution in [0.25, 0.3) is 0 Å². The first-order valence-electron chi connectivity index (χ1n) is 6.71. The van der Waals surface area contributed by atoms with Gasteiger partial charge in [-0.05, 0) is 41.7 Å². The van der Waals surface area contributed by atoms with Crippen molar-refractivity contribution in [2.24, 2.45) is 0 Å². The van der Waals surface area contributed by atoms with Crippen molar-refractivity contribution in [3.8, 4) is 0 Å². The third-order valence-corrected chi connectivity index (χ3v) is 3.74. The van der Waals surface area contributed by atoms with E-state index in [1.165, 1.54) is 11.1 Å². The fourth-order valence-electron chi connectivity index (χ4n) is 2.68. The molecule has 3 heteroatoms. The minimum Gasteiger partial charge on any atom is -0.387 e. The number of nitrogens with one attached hydrogen (secondary N) is 1. The summed E-state index contributed by atoms with van der Waals surface area (Å²) in [6.07, 6.45) is 5.07. The minimum absolute atomic E-state index is 0.439. The molecule has 98 valence electrons. The predicted molar refractivity (Wildman–Crippen MR) is 74.8 cm³/mol. The summed E-state index contributed by atoms with van der Waals surface area (Å²) >= 11 is 0. The first-order valence-corrected chi connectivity index (χ1v) is 6.71. The molecule has 2 aromatic rings. The van der Waals surface area contributed by atoms with E-state index in [9.17, 15) is 5.11 Å². The van der Waals surface area contributed by atoms with E-state index < -0.39 is 6.10 Å². The number of rotatable bonds is 4. The van der Waals surface area contributed by atoms with E-state index >= 15 is 0 Å². The van der Waals surface area contributed by atoms with Gasteiger partial charge in [-0.25, -0.2) is 0 Å².